The highest BCUT2D eigenvalue weighted by Crippen LogP contribution is 2.52. The highest BCUT2D eigenvalue weighted by molar-refractivity contribution is 8.01. The van der Waals surface area contributed by atoms with E-state index in [9.17, 15) is 14.7 Å². The molecule has 5 nitrogen and oxygen atoms in total. The van der Waals surface area contributed by atoms with Crippen molar-refractivity contribution in [3.63, 3.8) is 0 Å². The van der Waals surface area contributed by atoms with Crippen LogP contribution in [0, 0.1) is 0 Å². The Bertz CT molecular complexity index is 594. The van der Waals surface area contributed by atoms with Gasteiger partial charge in [-0.1, -0.05) is 30.3 Å². The van der Waals surface area contributed by atoms with Gasteiger partial charge in [0, 0.05) is 4.75 Å². The molecule has 0 aromatic heterocycles. The number of esters is 1. The van der Waals surface area contributed by atoms with Crippen molar-refractivity contribution in [2.75, 3.05) is 0 Å². The predicted octanol–water partition coefficient (Wildman–Crippen LogP) is 3.90. The number of carboxylic acid groups (broad SMARTS) is 1. The fraction of sp³-hybridized carbons (Fsp3) is 0.529. The van der Waals surface area contributed by atoms with Gasteiger partial charge < -0.3 is 9.84 Å². The number of ether oxygens (including phenoxy) is 1. The average Bonchev–Trinajstić information content (AvgIpc) is 2.69. The van der Waals surface area contributed by atoms with Crippen molar-refractivity contribution in [1.29, 1.82) is 0 Å². The zero-order chi connectivity index (χ0) is 17.4. The van der Waals surface area contributed by atoms with Gasteiger partial charge in [0.05, 0.1) is 0 Å². The molecule has 1 aliphatic rings. The second kappa shape index (κ2) is 6.07. The molecule has 0 spiro atoms. The van der Waals surface area contributed by atoms with Gasteiger partial charge in [0.15, 0.2) is 0 Å². The summed E-state index contributed by atoms with van der Waals surface area (Å²) < 4.78 is 4.88. The Morgan fingerprint density at radius 3 is 2.26 bits per heavy atom. The summed E-state index contributed by atoms with van der Waals surface area (Å²) in [5.41, 5.74) is 0.200. The summed E-state index contributed by atoms with van der Waals surface area (Å²) in [6.07, 6.45) is -1.12. The molecular weight excluding hydrogens is 314 g/mol. The molecule has 1 aromatic carbocycles. The topological polar surface area (TPSA) is 66.8 Å². The maximum atomic E-state index is 12.6. The van der Waals surface area contributed by atoms with Crippen LogP contribution in [0.3, 0.4) is 0 Å². The first-order valence-corrected chi connectivity index (χ1v) is 8.38. The van der Waals surface area contributed by atoms with E-state index in [2.05, 4.69) is 0 Å². The maximum absolute atomic E-state index is 12.6. The molecule has 2 unspecified atom stereocenters. The first-order chi connectivity index (χ1) is 10.5. The normalized spacial score (nSPS) is 23.6. The van der Waals surface area contributed by atoms with Crippen molar-refractivity contribution >= 4 is 23.8 Å². The zero-order valence-electron chi connectivity index (χ0n) is 14.1. The van der Waals surface area contributed by atoms with E-state index in [1.165, 1.54) is 16.7 Å². The van der Waals surface area contributed by atoms with Gasteiger partial charge in [0.25, 0.3) is 0 Å². The van der Waals surface area contributed by atoms with Crippen molar-refractivity contribution < 1.29 is 19.4 Å². The number of hydrogen-bond donors (Lipinski definition) is 1. The van der Waals surface area contributed by atoms with Crippen molar-refractivity contribution in [2.24, 2.45) is 0 Å². The molecule has 0 radical (unpaired) electrons. The minimum Gasteiger partial charge on any atom is -0.465 e. The fourth-order valence-electron chi connectivity index (χ4n) is 2.69. The van der Waals surface area contributed by atoms with Crippen LogP contribution >= 0.6 is 11.8 Å². The largest absolute Gasteiger partial charge is 0.465 e. The summed E-state index contributed by atoms with van der Waals surface area (Å²) in [5.74, 6) is -0.504. The Kier molecular flexibility index (Phi) is 4.66. The van der Waals surface area contributed by atoms with Crippen LogP contribution in [0.4, 0.5) is 4.79 Å². The Morgan fingerprint density at radius 1 is 1.22 bits per heavy atom. The van der Waals surface area contributed by atoms with E-state index in [4.69, 9.17) is 4.74 Å². The highest BCUT2D eigenvalue weighted by atomic mass is 32.2. The molecule has 0 bridgehead atoms. The minimum absolute atomic E-state index is 0.429. The van der Waals surface area contributed by atoms with Crippen LogP contribution in [0.15, 0.2) is 30.3 Å². The molecule has 2 rings (SSSR count). The number of benzene rings is 1. The molecule has 6 heteroatoms. The molecule has 1 amide bonds. The second-order valence-electron chi connectivity index (χ2n) is 7.11. The Labute approximate surface area is 141 Å². The van der Waals surface area contributed by atoms with Crippen LogP contribution in [0.25, 0.3) is 0 Å². The van der Waals surface area contributed by atoms with Crippen LogP contribution in [0.1, 0.15) is 45.6 Å². The van der Waals surface area contributed by atoms with Crippen LogP contribution in [-0.4, -0.2) is 38.5 Å². The van der Waals surface area contributed by atoms with Gasteiger partial charge >= 0.3 is 12.1 Å². The molecule has 1 heterocycles. The maximum Gasteiger partial charge on any atom is 0.409 e. The second-order valence-corrected chi connectivity index (χ2v) is 8.84. The third kappa shape index (κ3) is 3.80. The monoisotopic (exact) mass is 337 g/mol. The van der Waals surface area contributed by atoms with Crippen LogP contribution < -0.4 is 0 Å². The Hall–Kier alpha value is -1.69. The van der Waals surface area contributed by atoms with Crippen molar-refractivity contribution in [2.45, 2.75) is 56.4 Å². The lowest BCUT2D eigenvalue weighted by Gasteiger charge is -2.31. The third-order valence-corrected chi connectivity index (χ3v) is 5.09. The fourth-order valence-corrected chi connectivity index (χ4v) is 4.22. The van der Waals surface area contributed by atoms with Gasteiger partial charge in [0.2, 0.25) is 0 Å². The number of carbonyl (C=O) groups excluding carboxylic acids is 1. The van der Waals surface area contributed by atoms with Crippen LogP contribution in [-0.2, 0) is 9.53 Å². The molecule has 1 saturated heterocycles. The van der Waals surface area contributed by atoms with E-state index in [1.807, 2.05) is 44.2 Å². The Balaban J connectivity index is 2.40. The van der Waals surface area contributed by atoms with Crippen molar-refractivity contribution in [1.82, 2.24) is 4.90 Å². The van der Waals surface area contributed by atoms with E-state index in [0.29, 0.717) is 0 Å². The Morgan fingerprint density at radius 2 is 1.78 bits per heavy atom. The first kappa shape index (κ1) is 17.7. The van der Waals surface area contributed by atoms with Crippen LogP contribution in [0.2, 0.25) is 0 Å². The van der Waals surface area contributed by atoms with Gasteiger partial charge in [-0.25, -0.2) is 9.59 Å². The van der Waals surface area contributed by atoms with Crippen molar-refractivity contribution in [3.05, 3.63) is 35.9 Å². The standard InChI is InChI=1S/C17H23NO4S/c1-16(2,3)22-14(19)12-17(4,5)23-13(18(12)15(20)21)11-9-7-6-8-10-11/h6-10,12-13H,1-5H3,(H,20,21). The molecule has 1 fully saturated rings. The molecule has 1 aromatic rings. The van der Waals surface area contributed by atoms with E-state index >= 15 is 0 Å². The van der Waals surface area contributed by atoms with E-state index < -0.39 is 33.8 Å². The quantitative estimate of drug-likeness (QED) is 0.829. The van der Waals surface area contributed by atoms with E-state index in [0.717, 1.165) is 5.56 Å². The number of rotatable bonds is 2. The molecule has 23 heavy (non-hydrogen) atoms. The molecule has 1 aliphatic heterocycles. The molecule has 126 valence electrons. The summed E-state index contributed by atoms with van der Waals surface area (Å²) in [5, 5.41) is 9.27. The number of hydrogen-bond acceptors (Lipinski definition) is 4. The van der Waals surface area contributed by atoms with Gasteiger partial charge in [-0.15, -0.1) is 11.8 Å². The van der Waals surface area contributed by atoms with Crippen LogP contribution in [0.5, 0.6) is 0 Å². The highest BCUT2D eigenvalue weighted by Gasteiger charge is 2.55. The number of amides is 1. The number of thioether (sulfide) groups is 1. The van der Waals surface area contributed by atoms with Gasteiger partial charge in [-0.05, 0) is 40.2 Å². The van der Waals surface area contributed by atoms with E-state index in [1.54, 1.807) is 20.8 Å². The molecule has 2 atom stereocenters. The lowest BCUT2D eigenvalue weighted by molar-refractivity contribution is -0.161. The number of carbonyl (C=O) groups is 2. The van der Waals surface area contributed by atoms with E-state index in [-0.39, 0.29) is 0 Å². The SMILES string of the molecule is CC(C)(C)OC(=O)C1N(C(=O)O)C(c2ccccc2)SC1(C)C. The summed E-state index contributed by atoms with van der Waals surface area (Å²) in [6, 6.07) is 8.51. The summed E-state index contributed by atoms with van der Waals surface area (Å²) in [7, 11) is 0. The van der Waals surface area contributed by atoms with Gasteiger partial charge in [-0.3, -0.25) is 4.90 Å². The minimum atomic E-state index is -1.12. The molecule has 1 N–H and O–H groups in total. The summed E-state index contributed by atoms with van der Waals surface area (Å²) in [6.45, 7) is 9.09. The first-order valence-electron chi connectivity index (χ1n) is 7.50. The summed E-state index contributed by atoms with van der Waals surface area (Å²) >= 11 is 1.46. The van der Waals surface area contributed by atoms with Crippen molar-refractivity contribution in [3.8, 4) is 0 Å². The number of nitrogens with zero attached hydrogens (tertiary/aromatic N) is 1. The lowest BCUT2D eigenvalue weighted by atomic mass is 10.0. The molecular formula is C17H23NO4S. The smallest absolute Gasteiger partial charge is 0.409 e. The predicted molar refractivity (Wildman–Crippen MR) is 90.3 cm³/mol. The average molecular weight is 337 g/mol. The molecule has 0 aliphatic carbocycles. The zero-order valence-corrected chi connectivity index (χ0v) is 14.9. The lowest BCUT2D eigenvalue weighted by Crippen LogP contribution is -2.51. The third-order valence-electron chi connectivity index (χ3n) is 3.54. The molecule has 0 saturated carbocycles. The summed E-state index contributed by atoms with van der Waals surface area (Å²) in [4.78, 5) is 25.7. The van der Waals surface area contributed by atoms with Gasteiger partial charge in [-0.2, -0.15) is 0 Å². The van der Waals surface area contributed by atoms with Gasteiger partial charge in [0.1, 0.15) is 17.0 Å².